The first-order chi connectivity index (χ1) is 9.38. The molecule has 1 aromatic rings. The van der Waals surface area contributed by atoms with Crippen LogP contribution in [-0.4, -0.2) is 35.5 Å². The molecule has 0 N–H and O–H groups in total. The van der Waals surface area contributed by atoms with Crippen LogP contribution in [0.4, 0.5) is 0 Å². The van der Waals surface area contributed by atoms with Gasteiger partial charge in [0.15, 0.2) is 9.84 Å². The number of ketones is 1. The number of halogens is 1. The van der Waals surface area contributed by atoms with Crippen molar-refractivity contribution in [3.8, 4) is 0 Å². The Hall–Kier alpha value is -0.690. The van der Waals surface area contributed by atoms with Crippen LogP contribution in [0.3, 0.4) is 0 Å². The van der Waals surface area contributed by atoms with E-state index in [1.807, 2.05) is 18.5 Å². The minimum atomic E-state index is -3.01. The summed E-state index contributed by atoms with van der Waals surface area (Å²) < 4.78 is 25.6. The summed E-state index contributed by atoms with van der Waals surface area (Å²) in [5.41, 5.74) is 1.80. The van der Waals surface area contributed by atoms with Crippen LogP contribution in [0, 0.1) is 5.92 Å². The second kappa shape index (κ2) is 5.97. The average molecular weight is 363 g/mol. The maximum atomic E-state index is 12.3. The molecule has 1 fully saturated rings. The summed E-state index contributed by atoms with van der Waals surface area (Å²) in [6.07, 6.45) is 1.51. The van der Waals surface area contributed by atoms with Crippen molar-refractivity contribution in [2.45, 2.75) is 39.7 Å². The third kappa shape index (κ3) is 3.14. The molecule has 0 aromatic carbocycles. The maximum Gasteiger partial charge on any atom is 0.151 e. The van der Waals surface area contributed by atoms with E-state index in [1.54, 1.807) is 0 Å². The lowest BCUT2D eigenvalue weighted by molar-refractivity contribution is -0.121. The van der Waals surface area contributed by atoms with Crippen molar-refractivity contribution >= 4 is 31.6 Å². The number of hydrogen-bond acceptors (Lipinski definition) is 4. The van der Waals surface area contributed by atoms with Crippen LogP contribution in [0.2, 0.25) is 0 Å². The minimum Gasteiger partial charge on any atom is -0.299 e. The maximum absolute atomic E-state index is 12.3. The van der Waals surface area contributed by atoms with Gasteiger partial charge < -0.3 is 0 Å². The standard InChI is InChI=1S/C13H19BrN2O3S/c1-3-10-13(14)11(16(4-2)15-10)7-12(17)9-5-6-20(18,19)8-9/h9H,3-8H2,1-2H3. The van der Waals surface area contributed by atoms with E-state index in [0.717, 1.165) is 22.3 Å². The zero-order valence-corrected chi connectivity index (χ0v) is 14.1. The van der Waals surface area contributed by atoms with Crippen molar-refractivity contribution in [3.63, 3.8) is 0 Å². The van der Waals surface area contributed by atoms with Gasteiger partial charge in [-0.2, -0.15) is 5.10 Å². The van der Waals surface area contributed by atoms with Gasteiger partial charge in [-0.1, -0.05) is 6.92 Å². The second-order valence-corrected chi connectivity index (χ2v) is 8.14. The lowest BCUT2D eigenvalue weighted by atomic mass is 9.99. The van der Waals surface area contributed by atoms with Gasteiger partial charge in [0.1, 0.15) is 5.78 Å². The average Bonchev–Trinajstić information content (AvgIpc) is 2.91. The van der Waals surface area contributed by atoms with E-state index in [4.69, 9.17) is 0 Å². The fourth-order valence-electron chi connectivity index (χ4n) is 2.54. The molecule has 112 valence electrons. The van der Waals surface area contributed by atoms with Gasteiger partial charge in [0.05, 0.1) is 27.4 Å². The molecular weight excluding hydrogens is 344 g/mol. The van der Waals surface area contributed by atoms with Crippen molar-refractivity contribution in [1.82, 2.24) is 9.78 Å². The van der Waals surface area contributed by atoms with Crippen LogP contribution in [0.1, 0.15) is 31.7 Å². The zero-order chi connectivity index (χ0) is 14.9. The molecule has 2 heterocycles. The fourth-order valence-corrected chi connectivity index (χ4v) is 5.02. The first-order valence-corrected chi connectivity index (χ1v) is 9.46. The predicted octanol–water partition coefficient (Wildman–Crippen LogP) is 1.77. The van der Waals surface area contributed by atoms with Gasteiger partial charge in [-0.05, 0) is 35.7 Å². The molecule has 7 heteroatoms. The van der Waals surface area contributed by atoms with Crippen LogP contribution in [0.25, 0.3) is 0 Å². The molecule has 0 amide bonds. The van der Waals surface area contributed by atoms with Crippen molar-refractivity contribution in [3.05, 3.63) is 15.9 Å². The van der Waals surface area contributed by atoms with E-state index in [0.29, 0.717) is 13.0 Å². The number of Topliss-reactive ketones (excluding diaryl/α,β-unsaturated/α-hetero) is 1. The first-order valence-electron chi connectivity index (χ1n) is 6.85. The molecule has 2 rings (SSSR count). The Bertz CT molecular complexity index is 622. The molecule has 0 bridgehead atoms. The van der Waals surface area contributed by atoms with Crippen molar-refractivity contribution < 1.29 is 13.2 Å². The van der Waals surface area contributed by atoms with E-state index in [9.17, 15) is 13.2 Å². The molecule has 1 atom stereocenters. The van der Waals surface area contributed by atoms with Crippen molar-refractivity contribution in [1.29, 1.82) is 0 Å². The molecule has 1 aromatic heterocycles. The Morgan fingerprint density at radius 2 is 2.15 bits per heavy atom. The summed E-state index contributed by atoms with van der Waals surface area (Å²) in [5, 5.41) is 4.45. The molecule has 0 saturated carbocycles. The summed E-state index contributed by atoms with van der Waals surface area (Å²) in [6, 6.07) is 0. The van der Waals surface area contributed by atoms with Gasteiger partial charge in [0.2, 0.25) is 0 Å². The number of hydrogen-bond donors (Lipinski definition) is 0. The van der Waals surface area contributed by atoms with Crippen molar-refractivity contribution in [2.75, 3.05) is 11.5 Å². The molecule has 0 aliphatic carbocycles. The van der Waals surface area contributed by atoms with Crippen LogP contribution in [0.15, 0.2) is 4.47 Å². The molecule has 1 saturated heterocycles. The number of aryl methyl sites for hydroxylation is 2. The first kappa shape index (κ1) is 15.7. The third-order valence-electron chi connectivity index (χ3n) is 3.72. The van der Waals surface area contributed by atoms with E-state index >= 15 is 0 Å². The van der Waals surface area contributed by atoms with E-state index in [-0.39, 0.29) is 29.6 Å². The van der Waals surface area contributed by atoms with Gasteiger partial charge in [0.25, 0.3) is 0 Å². The fraction of sp³-hybridized carbons (Fsp3) is 0.692. The topological polar surface area (TPSA) is 69.0 Å². The molecule has 20 heavy (non-hydrogen) atoms. The van der Waals surface area contributed by atoms with E-state index in [1.165, 1.54) is 0 Å². The highest BCUT2D eigenvalue weighted by molar-refractivity contribution is 9.10. The van der Waals surface area contributed by atoms with Crippen LogP contribution < -0.4 is 0 Å². The largest absolute Gasteiger partial charge is 0.299 e. The Kier molecular flexibility index (Phi) is 4.69. The van der Waals surface area contributed by atoms with Crippen LogP contribution in [0.5, 0.6) is 0 Å². The molecule has 1 aliphatic rings. The number of nitrogens with zero attached hydrogens (tertiary/aromatic N) is 2. The number of sulfone groups is 1. The van der Waals surface area contributed by atoms with Gasteiger partial charge in [0, 0.05) is 18.9 Å². The van der Waals surface area contributed by atoms with Gasteiger partial charge in [-0.3, -0.25) is 9.48 Å². The summed E-state index contributed by atoms with van der Waals surface area (Å²) in [6.45, 7) is 4.69. The quantitative estimate of drug-likeness (QED) is 0.800. The number of aromatic nitrogens is 2. The summed E-state index contributed by atoms with van der Waals surface area (Å²) in [4.78, 5) is 12.3. The SMILES string of the molecule is CCc1nn(CC)c(CC(=O)C2CCS(=O)(=O)C2)c1Br. The Morgan fingerprint density at radius 3 is 2.65 bits per heavy atom. The summed E-state index contributed by atoms with van der Waals surface area (Å²) >= 11 is 3.51. The zero-order valence-electron chi connectivity index (χ0n) is 11.7. The monoisotopic (exact) mass is 362 g/mol. The minimum absolute atomic E-state index is 0.00373. The third-order valence-corrected chi connectivity index (χ3v) is 6.41. The highest BCUT2D eigenvalue weighted by Gasteiger charge is 2.33. The van der Waals surface area contributed by atoms with Gasteiger partial charge in [-0.15, -0.1) is 0 Å². The molecular formula is C13H19BrN2O3S. The number of carbonyl (C=O) groups is 1. The molecule has 0 spiro atoms. The Balaban J connectivity index is 2.18. The number of rotatable bonds is 5. The molecule has 1 unspecified atom stereocenters. The molecule has 5 nitrogen and oxygen atoms in total. The Labute approximate surface area is 127 Å². The molecule has 0 radical (unpaired) electrons. The lowest BCUT2D eigenvalue weighted by Gasteiger charge is -2.08. The number of carbonyl (C=O) groups excluding carboxylic acids is 1. The normalized spacial score (nSPS) is 21.2. The van der Waals surface area contributed by atoms with Crippen molar-refractivity contribution in [2.24, 2.45) is 5.92 Å². The van der Waals surface area contributed by atoms with E-state index in [2.05, 4.69) is 21.0 Å². The molecule has 1 aliphatic heterocycles. The smallest absolute Gasteiger partial charge is 0.151 e. The summed E-state index contributed by atoms with van der Waals surface area (Å²) in [7, 11) is -3.01. The van der Waals surface area contributed by atoms with Crippen LogP contribution in [-0.2, 0) is 34.0 Å². The highest BCUT2D eigenvalue weighted by Crippen LogP contribution is 2.26. The van der Waals surface area contributed by atoms with Gasteiger partial charge >= 0.3 is 0 Å². The highest BCUT2D eigenvalue weighted by atomic mass is 79.9. The van der Waals surface area contributed by atoms with Gasteiger partial charge in [-0.25, -0.2) is 8.42 Å². The summed E-state index contributed by atoms with van der Waals surface area (Å²) in [5.74, 6) is -0.205. The second-order valence-electron chi connectivity index (χ2n) is 5.12. The predicted molar refractivity (Wildman–Crippen MR) is 80.5 cm³/mol. The van der Waals surface area contributed by atoms with E-state index < -0.39 is 9.84 Å². The van der Waals surface area contributed by atoms with Crippen LogP contribution >= 0.6 is 15.9 Å². The lowest BCUT2D eigenvalue weighted by Crippen LogP contribution is -2.20. The Morgan fingerprint density at radius 1 is 1.45 bits per heavy atom.